The summed E-state index contributed by atoms with van der Waals surface area (Å²) in [5.74, 6) is 0.481. The smallest absolute Gasteiger partial charge is 0.259 e. The van der Waals surface area contributed by atoms with E-state index in [1.807, 2.05) is 31.2 Å². The van der Waals surface area contributed by atoms with Gasteiger partial charge in [-0.25, -0.2) is 5.43 Å². The maximum Gasteiger partial charge on any atom is 0.259 e. The number of aromatic nitrogens is 1. The van der Waals surface area contributed by atoms with Gasteiger partial charge in [0.15, 0.2) is 0 Å². The molecule has 1 aromatic carbocycles. The Hall–Kier alpha value is -2.89. The van der Waals surface area contributed by atoms with Crippen molar-refractivity contribution in [1.29, 1.82) is 0 Å². The standard InChI is InChI=1S/C16H18N4O2/c1-2-22-15-6-4-3-5-14(15)18-12-16(21)20-19-11-13-7-9-17-10-8-13/h3-11,18H,2,12H2,1H3,(H,20,21)/b19-11+. The molecule has 0 radical (unpaired) electrons. The van der Waals surface area contributed by atoms with Crippen molar-refractivity contribution in [3.05, 3.63) is 54.4 Å². The molecule has 1 amide bonds. The third-order valence-corrected chi connectivity index (χ3v) is 2.74. The van der Waals surface area contributed by atoms with E-state index < -0.39 is 0 Å². The highest BCUT2D eigenvalue weighted by atomic mass is 16.5. The van der Waals surface area contributed by atoms with Gasteiger partial charge in [-0.3, -0.25) is 9.78 Å². The zero-order chi connectivity index (χ0) is 15.6. The van der Waals surface area contributed by atoms with Crippen molar-refractivity contribution < 1.29 is 9.53 Å². The molecule has 0 aliphatic heterocycles. The lowest BCUT2D eigenvalue weighted by Crippen LogP contribution is -2.26. The highest BCUT2D eigenvalue weighted by Crippen LogP contribution is 2.23. The van der Waals surface area contributed by atoms with Gasteiger partial charge < -0.3 is 10.1 Å². The molecular formula is C16H18N4O2. The van der Waals surface area contributed by atoms with Gasteiger partial charge in [-0.15, -0.1) is 0 Å². The minimum Gasteiger partial charge on any atom is -0.492 e. The first-order chi connectivity index (χ1) is 10.8. The zero-order valence-corrected chi connectivity index (χ0v) is 12.3. The largest absolute Gasteiger partial charge is 0.492 e. The minimum absolute atomic E-state index is 0.109. The van der Waals surface area contributed by atoms with Crippen LogP contribution in [0.4, 0.5) is 5.69 Å². The van der Waals surface area contributed by atoms with Crippen molar-refractivity contribution >= 4 is 17.8 Å². The van der Waals surface area contributed by atoms with Crippen LogP contribution in [0.5, 0.6) is 5.75 Å². The molecule has 22 heavy (non-hydrogen) atoms. The van der Waals surface area contributed by atoms with Crippen LogP contribution in [-0.2, 0) is 4.79 Å². The van der Waals surface area contributed by atoms with Crippen molar-refractivity contribution in [2.45, 2.75) is 6.92 Å². The molecule has 0 aliphatic rings. The Morgan fingerprint density at radius 2 is 2.05 bits per heavy atom. The number of para-hydroxylation sites is 2. The van der Waals surface area contributed by atoms with E-state index >= 15 is 0 Å². The molecule has 6 heteroatoms. The van der Waals surface area contributed by atoms with E-state index in [2.05, 4.69) is 20.8 Å². The van der Waals surface area contributed by atoms with Crippen molar-refractivity contribution in [3.63, 3.8) is 0 Å². The second kappa shape index (κ2) is 8.41. The molecule has 114 valence electrons. The van der Waals surface area contributed by atoms with E-state index in [9.17, 15) is 4.79 Å². The second-order valence-electron chi connectivity index (χ2n) is 4.36. The molecule has 0 bridgehead atoms. The van der Waals surface area contributed by atoms with Gasteiger partial charge in [0.25, 0.3) is 5.91 Å². The lowest BCUT2D eigenvalue weighted by Gasteiger charge is -2.11. The fraction of sp³-hybridized carbons (Fsp3) is 0.188. The summed E-state index contributed by atoms with van der Waals surface area (Å²) in [6, 6.07) is 11.1. The summed E-state index contributed by atoms with van der Waals surface area (Å²) in [4.78, 5) is 15.6. The molecule has 0 spiro atoms. The SMILES string of the molecule is CCOc1ccccc1NCC(=O)N/N=C/c1ccncc1. The molecule has 0 fully saturated rings. The number of amides is 1. The van der Waals surface area contributed by atoms with Gasteiger partial charge in [0.05, 0.1) is 25.1 Å². The van der Waals surface area contributed by atoms with Crippen molar-refractivity contribution in [1.82, 2.24) is 10.4 Å². The predicted octanol–water partition coefficient (Wildman–Crippen LogP) is 2.04. The van der Waals surface area contributed by atoms with Gasteiger partial charge in [0, 0.05) is 12.4 Å². The number of nitrogens with one attached hydrogen (secondary N) is 2. The van der Waals surface area contributed by atoms with E-state index in [0.717, 1.165) is 17.0 Å². The van der Waals surface area contributed by atoms with Crippen LogP contribution in [0.3, 0.4) is 0 Å². The molecule has 0 saturated carbocycles. The fourth-order valence-electron chi connectivity index (χ4n) is 1.74. The quantitative estimate of drug-likeness (QED) is 0.606. The molecule has 2 rings (SSSR count). The third kappa shape index (κ3) is 4.90. The van der Waals surface area contributed by atoms with E-state index in [1.54, 1.807) is 30.7 Å². The Labute approximate surface area is 129 Å². The van der Waals surface area contributed by atoms with Gasteiger partial charge in [-0.1, -0.05) is 12.1 Å². The van der Waals surface area contributed by atoms with Crippen LogP contribution >= 0.6 is 0 Å². The third-order valence-electron chi connectivity index (χ3n) is 2.74. The Morgan fingerprint density at radius 1 is 1.27 bits per heavy atom. The Kier molecular flexibility index (Phi) is 5.92. The van der Waals surface area contributed by atoms with Gasteiger partial charge in [0.2, 0.25) is 0 Å². The van der Waals surface area contributed by atoms with Crippen LogP contribution in [0.2, 0.25) is 0 Å². The number of hydrogen-bond acceptors (Lipinski definition) is 5. The van der Waals surface area contributed by atoms with Gasteiger partial charge in [-0.2, -0.15) is 5.10 Å². The van der Waals surface area contributed by atoms with Crippen LogP contribution < -0.4 is 15.5 Å². The topological polar surface area (TPSA) is 75.6 Å². The number of ether oxygens (including phenoxy) is 1. The maximum absolute atomic E-state index is 11.7. The monoisotopic (exact) mass is 298 g/mol. The average Bonchev–Trinajstić information content (AvgIpc) is 2.55. The maximum atomic E-state index is 11.7. The summed E-state index contributed by atoms with van der Waals surface area (Å²) in [5, 5.41) is 6.91. The second-order valence-corrected chi connectivity index (χ2v) is 4.36. The Bertz CT molecular complexity index is 629. The molecule has 2 aromatic rings. The van der Waals surface area contributed by atoms with Crippen LogP contribution in [0.1, 0.15) is 12.5 Å². The molecule has 0 unspecified atom stereocenters. The highest BCUT2D eigenvalue weighted by molar-refractivity contribution is 5.84. The summed E-state index contributed by atoms with van der Waals surface area (Å²) in [5.41, 5.74) is 4.10. The van der Waals surface area contributed by atoms with E-state index in [4.69, 9.17) is 4.74 Å². The van der Waals surface area contributed by atoms with Crippen LogP contribution in [0.15, 0.2) is 53.9 Å². The number of benzene rings is 1. The van der Waals surface area contributed by atoms with Crippen LogP contribution in [-0.4, -0.2) is 30.3 Å². The molecule has 6 nitrogen and oxygen atoms in total. The fourth-order valence-corrected chi connectivity index (χ4v) is 1.74. The number of hydrogen-bond donors (Lipinski definition) is 2. The number of nitrogens with zero attached hydrogens (tertiary/aromatic N) is 2. The highest BCUT2D eigenvalue weighted by Gasteiger charge is 2.04. The number of hydrazone groups is 1. The summed E-state index contributed by atoms with van der Waals surface area (Å²) >= 11 is 0. The molecule has 0 atom stereocenters. The predicted molar refractivity (Wildman–Crippen MR) is 86.1 cm³/mol. The molecule has 0 aliphatic carbocycles. The van der Waals surface area contributed by atoms with Crippen molar-refractivity contribution in [2.24, 2.45) is 5.10 Å². The molecule has 1 aromatic heterocycles. The summed E-state index contributed by atoms with van der Waals surface area (Å²) in [6.45, 7) is 2.59. The Morgan fingerprint density at radius 3 is 2.82 bits per heavy atom. The molecular weight excluding hydrogens is 280 g/mol. The molecule has 2 N–H and O–H groups in total. The minimum atomic E-state index is -0.239. The number of rotatable bonds is 7. The lowest BCUT2D eigenvalue weighted by atomic mass is 10.3. The summed E-state index contributed by atoms with van der Waals surface area (Å²) in [7, 11) is 0. The van der Waals surface area contributed by atoms with Gasteiger partial charge in [-0.05, 0) is 36.8 Å². The van der Waals surface area contributed by atoms with E-state index in [0.29, 0.717) is 6.61 Å². The summed E-state index contributed by atoms with van der Waals surface area (Å²) in [6.07, 6.45) is 4.89. The van der Waals surface area contributed by atoms with Crippen LogP contribution in [0, 0.1) is 0 Å². The van der Waals surface area contributed by atoms with E-state index in [1.165, 1.54) is 0 Å². The van der Waals surface area contributed by atoms with E-state index in [-0.39, 0.29) is 12.5 Å². The number of anilines is 1. The summed E-state index contributed by atoms with van der Waals surface area (Å²) < 4.78 is 5.48. The normalized spacial score (nSPS) is 10.4. The van der Waals surface area contributed by atoms with Gasteiger partial charge >= 0.3 is 0 Å². The van der Waals surface area contributed by atoms with Crippen molar-refractivity contribution in [2.75, 3.05) is 18.5 Å². The first-order valence-electron chi connectivity index (χ1n) is 6.97. The number of carbonyl (C=O) groups excluding carboxylic acids is 1. The first-order valence-corrected chi connectivity index (χ1v) is 6.97. The van der Waals surface area contributed by atoms with Crippen molar-refractivity contribution in [3.8, 4) is 5.75 Å². The van der Waals surface area contributed by atoms with Gasteiger partial charge in [0.1, 0.15) is 5.75 Å². The average molecular weight is 298 g/mol. The zero-order valence-electron chi connectivity index (χ0n) is 12.3. The molecule has 1 heterocycles. The molecule has 0 saturated heterocycles. The lowest BCUT2D eigenvalue weighted by molar-refractivity contribution is -0.119. The number of carbonyl (C=O) groups is 1. The number of pyridine rings is 1. The first kappa shape index (κ1) is 15.5. The Balaban J connectivity index is 1.82. The van der Waals surface area contributed by atoms with Crippen LogP contribution in [0.25, 0.3) is 0 Å².